The van der Waals surface area contributed by atoms with Gasteiger partial charge in [0.2, 0.25) is 0 Å². The minimum absolute atomic E-state index is 0.400. The first kappa shape index (κ1) is 12.9. The summed E-state index contributed by atoms with van der Waals surface area (Å²) >= 11 is 3.49. The summed E-state index contributed by atoms with van der Waals surface area (Å²) in [5.41, 5.74) is 1.25. The summed E-state index contributed by atoms with van der Waals surface area (Å²) < 4.78 is 11.8. The second-order valence-corrected chi connectivity index (χ2v) is 5.09. The highest BCUT2D eigenvalue weighted by atomic mass is 79.9. The second kappa shape index (κ2) is 6.38. The smallest absolute Gasteiger partial charge is 0.133 e. The minimum atomic E-state index is 0.400. The summed E-state index contributed by atoms with van der Waals surface area (Å²) in [4.78, 5) is 0. The molecule has 1 aromatic rings. The summed E-state index contributed by atoms with van der Waals surface area (Å²) in [5.74, 6) is 0.868. The lowest BCUT2D eigenvalue weighted by Crippen LogP contribution is -2.25. The van der Waals surface area contributed by atoms with Crippen molar-refractivity contribution in [3.63, 3.8) is 0 Å². The van der Waals surface area contributed by atoms with Gasteiger partial charge in [0.05, 0.1) is 17.7 Å². The molecule has 0 aromatic heterocycles. The molecule has 0 amide bonds. The van der Waals surface area contributed by atoms with Gasteiger partial charge in [0.1, 0.15) is 5.75 Å². The third-order valence-electron chi connectivity index (χ3n) is 2.94. The Labute approximate surface area is 111 Å². The summed E-state index contributed by atoms with van der Waals surface area (Å²) in [6.07, 6.45) is 2.77. The molecule has 1 atom stereocenters. The van der Waals surface area contributed by atoms with Crippen LogP contribution in [0.3, 0.4) is 0 Å². The van der Waals surface area contributed by atoms with Crippen molar-refractivity contribution in [3.05, 3.63) is 28.2 Å². The summed E-state index contributed by atoms with van der Waals surface area (Å²) in [6, 6.07) is 6.14. The highest BCUT2D eigenvalue weighted by Crippen LogP contribution is 2.25. The molecule has 1 heterocycles. The maximum atomic E-state index is 5.56. The second-order valence-electron chi connectivity index (χ2n) is 4.23. The van der Waals surface area contributed by atoms with E-state index in [4.69, 9.17) is 9.47 Å². The third-order valence-corrected chi connectivity index (χ3v) is 3.56. The standard InChI is InChI=1S/C13H18BrNO2/c1-16-13-5-4-10(7-12(13)14)8-15-9-11-3-2-6-17-11/h4-5,7,11,15H,2-3,6,8-9H2,1H3/t11-/m1/s1. The van der Waals surface area contributed by atoms with Gasteiger partial charge in [0, 0.05) is 19.7 Å². The van der Waals surface area contributed by atoms with Gasteiger partial charge in [-0.3, -0.25) is 0 Å². The normalized spacial score (nSPS) is 19.5. The molecule has 1 saturated heterocycles. The van der Waals surface area contributed by atoms with E-state index in [9.17, 15) is 0 Å². The number of hydrogen-bond donors (Lipinski definition) is 1. The van der Waals surface area contributed by atoms with Gasteiger partial charge in [-0.1, -0.05) is 6.07 Å². The van der Waals surface area contributed by atoms with Gasteiger partial charge in [-0.05, 0) is 46.5 Å². The Balaban J connectivity index is 1.80. The number of hydrogen-bond acceptors (Lipinski definition) is 3. The largest absolute Gasteiger partial charge is 0.496 e. The van der Waals surface area contributed by atoms with E-state index in [2.05, 4.69) is 33.4 Å². The lowest BCUT2D eigenvalue weighted by Gasteiger charge is -2.11. The van der Waals surface area contributed by atoms with Crippen LogP contribution in [0, 0.1) is 0 Å². The molecular weight excluding hydrogens is 282 g/mol. The first-order chi connectivity index (χ1) is 8.29. The van der Waals surface area contributed by atoms with E-state index in [0.29, 0.717) is 6.10 Å². The average Bonchev–Trinajstić information content (AvgIpc) is 2.82. The summed E-state index contributed by atoms with van der Waals surface area (Å²) in [5, 5.41) is 3.42. The quantitative estimate of drug-likeness (QED) is 0.907. The van der Waals surface area contributed by atoms with Crippen LogP contribution >= 0.6 is 15.9 Å². The van der Waals surface area contributed by atoms with Crippen molar-refractivity contribution in [2.24, 2.45) is 0 Å². The first-order valence-electron chi connectivity index (χ1n) is 5.94. The Morgan fingerprint density at radius 2 is 2.41 bits per heavy atom. The van der Waals surface area contributed by atoms with E-state index in [1.54, 1.807) is 7.11 Å². The van der Waals surface area contributed by atoms with Crippen molar-refractivity contribution in [1.82, 2.24) is 5.32 Å². The lowest BCUT2D eigenvalue weighted by atomic mass is 10.2. The van der Waals surface area contributed by atoms with Gasteiger partial charge in [-0.25, -0.2) is 0 Å². The maximum absolute atomic E-state index is 5.56. The molecule has 0 bridgehead atoms. The van der Waals surface area contributed by atoms with Gasteiger partial charge in [0.15, 0.2) is 0 Å². The topological polar surface area (TPSA) is 30.5 Å². The molecule has 0 spiro atoms. The van der Waals surface area contributed by atoms with Crippen LogP contribution in [0.4, 0.5) is 0 Å². The van der Waals surface area contributed by atoms with E-state index in [0.717, 1.165) is 29.9 Å². The Morgan fingerprint density at radius 3 is 3.06 bits per heavy atom. The van der Waals surface area contributed by atoms with Gasteiger partial charge in [-0.15, -0.1) is 0 Å². The van der Waals surface area contributed by atoms with Crippen molar-refractivity contribution in [2.45, 2.75) is 25.5 Å². The predicted octanol–water partition coefficient (Wildman–Crippen LogP) is 2.73. The van der Waals surface area contributed by atoms with Crippen LogP contribution in [-0.2, 0) is 11.3 Å². The van der Waals surface area contributed by atoms with E-state index >= 15 is 0 Å². The van der Waals surface area contributed by atoms with Gasteiger partial charge in [-0.2, -0.15) is 0 Å². The minimum Gasteiger partial charge on any atom is -0.496 e. The highest BCUT2D eigenvalue weighted by molar-refractivity contribution is 9.10. The molecule has 1 aliphatic rings. The van der Waals surface area contributed by atoms with Gasteiger partial charge in [0.25, 0.3) is 0 Å². The average molecular weight is 300 g/mol. The third kappa shape index (κ3) is 3.69. The van der Waals surface area contributed by atoms with Crippen molar-refractivity contribution < 1.29 is 9.47 Å². The fourth-order valence-electron chi connectivity index (χ4n) is 2.00. The van der Waals surface area contributed by atoms with Crippen molar-refractivity contribution >= 4 is 15.9 Å². The Kier molecular flexibility index (Phi) is 4.83. The van der Waals surface area contributed by atoms with E-state index in [1.165, 1.54) is 18.4 Å². The molecule has 94 valence electrons. The number of benzene rings is 1. The number of ether oxygens (including phenoxy) is 2. The fraction of sp³-hybridized carbons (Fsp3) is 0.538. The van der Waals surface area contributed by atoms with Crippen LogP contribution in [0.1, 0.15) is 18.4 Å². The van der Waals surface area contributed by atoms with Crippen molar-refractivity contribution in [1.29, 1.82) is 0 Å². The van der Waals surface area contributed by atoms with E-state index in [-0.39, 0.29) is 0 Å². The molecule has 0 aliphatic carbocycles. The van der Waals surface area contributed by atoms with E-state index < -0.39 is 0 Å². The molecule has 1 N–H and O–H groups in total. The fourth-order valence-corrected chi connectivity index (χ4v) is 2.59. The highest BCUT2D eigenvalue weighted by Gasteiger charge is 2.14. The van der Waals surface area contributed by atoms with Crippen LogP contribution in [0.25, 0.3) is 0 Å². The Hall–Kier alpha value is -0.580. The molecule has 3 nitrogen and oxygen atoms in total. The molecule has 1 aliphatic heterocycles. The molecule has 4 heteroatoms. The summed E-state index contributed by atoms with van der Waals surface area (Å²) in [7, 11) is 1.68. The zero-order valence-electron chi connectivity index (χ0n) is 10.0. The molecule has 17 heavy (non-hydrogen) atoms. The van der Waals surface area contributed by atoms with Crippen molar-refractivity contribution in [2.75, 3.05) is 20.3 Å². The zero-order valence-corrected chi connectivity index (χ0v) is 11.6. The Bertz CT molecular complexity index is 364. The van der Waals surface area contributed by atoms with Crippen LogP contribution in [0.2, 0.25) is 0 Å². The molecular formula is C13H18BrNO2. The molecule has 0 unspecified atom stereocenters. The van der Waals surface area contributed by atoms with Crippen LogP contribution < -0.4 is 10.1 Å². The van der Waals surface area contributed by atoms with Crippen molar-refractivity contribution in [3.8, 4) is 5.75 Å². The Morgan fingerprint density at radius 1 is 1.53 bits per heavy atom. The first-order valence-corrected chi connectivity index (χ1v) is 6.73. The van der Waals surface area contributed by atoms with E-state index in [1.807, 2.05) is 6.07 Å². The number of rotatable bonds is 5. The summed E-state index contributed by atoms with van der Waals surface area (Å²) in [6.45, 7) is 2.71. The molecule has 1 aromatic carbocycles. The molecule has 0 saturated carbocycles. The van der Waals surface area contributed by atoms with Crippen LogP contribution in [-0.4, -0.2) is 26.4 Å². The lowest BCUT2D eigenvalue weighted by molar-refractivity contribution is 0.110. The number of methoxy groups -OCH3 is 1. The zero-order chi connectivity index (χ0) is 12.1. The van der Waals surface area contributed by atoms with Crippen LogP contribution in [0.15, 0.2) is 22.7 Å². The SMILES string of the molecule is COc1ccc(CNC[C@H]2CCCO2)cc1Br. The van der Waals surface area contributed by atoms with Crippen LogP contribution in [0.5, 0.6) is 5.75 Å². The monoisotopic (exact) mass is 299 g/mol. The molecule has 2 rings (SSSR count). The molecule has 0 radical (unpaired) electrons. The van der Waals surface area contributed by atoms with Gasteiger partial charge >= 0.3 is 0 Å². The maximum Gasteiger partial charge on any atom is 0.133 e. The predicted molar refractivity (Wildman–Crippen MR) is 71.4 cm³/mol. The molecule has 1 fully saturated rings. The number of nitrogens with one attached hydrogen (secondary N) is 1. The number of halogens is 1. The van der Waals surface area contributed by atoms with Gasteiger partial charge < -0.3 is 14.8 Å².